The van der Waals surface area contributed by atoms with Crippen LogP contribution in [0.2, 0.25) is 0 Å². The molecular weight excluding hydrogens is 661 g/mol. The highest BCUT2D eigenvalue weighted by atomic mass is 16.5. The van der Waals surface area contributed by atoms with Crippen LogP contribution in [0.3, 0.4) is 0 Å². The summed E-state index contributed by atoms with van der Waals surface area (Å²) in [4.78, 5) is 17.6. The molecule has 0 unspecified atom stereocenters. The smallest absolute Gasteiger partial charge is 0.164 e. The van der Waals surface area contributed by atoms with Gasteiger partial charge in [-0.05, 0) is 82.7 Å². The number of anilines is 3. The van der Waals surface area contributed by atoms with E-state index in [1.54, 1.807) is 0 Å². The van der Waals surface area contributed by atoms with Gasteiger partial charge in [0.1, 0.15) is 11.5 Å². The van der Waals surface area contributed by atoms with Gasteiger partial charge >= 0.3 is 0 Å². The number of para-hydroxylation sites is 2. The fourth-order valence-electron chi connectivity index (χ4n) is 7.37. The first-order chi connectivity index (χ1) is 26.8. The second-order valence-corrected chi connectivity index (χ2v) is 13.2. The molecule has 8 aromatic carbocycles. The molecule has 0 saturated heterocycles. The predicted molar refractivity (Wildman–Crippen MR) is 219 cm³/mol. The maximum atomic E-state index is 6.66. The summed E-state index contributed by atoms with van der Waals surface area (Å²) >= 11 is 0. The molecule has 9 aromatic rings. The Hall–Kier alpha value is -7.37. The minimum absolute atomic E-state index is 0.603. The molecule has 0 atom stereocenters. The summed E-state index contributed by atoms with van der Waals surface area (Å²) in [6, 6.07) is 66.8. The third kappa shape index (κ3) is 5.65. The maximum absolute atomic E-state index is 6.66. The zero-order valence-corrected chi connectivity index (χ0v) is 29.2. The van der Waals surface area contributed by atoms with E-state index in [0.717, 1.165) is 78.3 Å². The normalized spacial score (nSPS) is 11.5. The quantitative estimate of drug-likeness (QED) is 0.166. The Kier molecular flexibility index (Phi) is 7.73. The van der Waals surface area contributed by atoms with Crippen molar-refractivity contribution in [2.24, 2.45) is 0 Å². The second-order valence-electron chi connectivity index (χ2n) is 13.2. The van der Waals surface area contributed by atoms with E-state index in [-0.39, 0.29) is 0 Å². The Bertz CT molecular complexity index is 2750. The molecule has 0 saturated carbocycles. The van der Waals surface area contributed by atoms with Crippen molar-refractivity contribution < 1.29 is 4.74 Å². The van der Waals surface area contributed by atoms with Crippen molar-refractivity contribution in [1.29, 1.82) is 0 Å². The first-order valence-corrected chi connectivity index (χ1v) is 18.0. The van der Waals surface area contributed by atoms with Gasteiger partial charge in [-0.25, -0.2) is 15.0 Å². The van der Waals surface area contributed by atoms with Crippen molar-refractivity contribution in [3.05, 3.63) is 194 Å². The molecule has 5 heteroatoms. The summed E-state index contributed by atoms with van der Waals surface area (Å²) in [5.74, 6) is 3.46. The zero-order chi connectivity index (χ0) is 35.8. The van der Waals surface area contributed by atoms with Crippen molar-refractivity contribution in [2.45, 2.75) is 0 Å². The third-order valence-electron chi connectivity index (χ3n) is 9.90. The Morgan fingerprint density at radius 1 is 0.333 bits per heavy atom. The SMILES string of the molecule is c1ccc(-c2cccc(-c3nc(-c4ccccc4)nc(-c4ccc5c6c(cccc46)-c4cc(N(c6ccccc6)c6ccccc6)ccc4O5)n3)c2)cc1. The van der Waals surface area contributed by atoms with Crippen molar-refractivity contribution in [3.8, 4) is 67.9 Å². The van der Waals surface area contributed by atoms with Crippen LogP contribution in [0.4, 0.5) is 17.1 Å². The molecule has 0 spiro atoms. The molecule has 0 N–H and O–H groups in total. The van der Waals surface area contributed by atoms with Crippen LogP contribution < -0.4 is 9.64 Å². The number of hydrogen-bond donors (Lipinski definition) is 0. The van der Waals surface area contributed by atoms with Crippen LogP contribution in [0.5, 0.6) is 11.5 Å². The van der Waals surface area contributed by atoms with Gasteiger partial charge in [-0.2, -0.15) is 0 Å². The Morgan fingerprint density at radius 2 is 0.889 bits per heavy atom. The number of benzene rings is 8. The lowest BCUT2D eigenvalue weighted by molar-refractivity contribution is 0.487. The fourth-order valence-corrected chi connectivity index (χ4v) is 7.37. The average Bonchev–Trinajstić information content (AvgIpc) is 3.25. The van der Waals surface area contributed by atoms with Crippen LogP contribution in [-0.2, 0) is 0 Å². The minimum Gasteiger partial charge on any atom is -0.456 e. The Labute approximate surface area is 313 Å². The monoisotopic (exact) mass is 692 g/mol. The van der Waals surface area contributed by atoms with Gasteiger partial charge in [0.05, 0.1) is 0 Å². The summed E-state index contributed by atoms with van der Waals surface area (Å²) in [6.45, 7) is 0. The van der Waals surface area contributed by atoms with Gasteiger partial charge in [0.25, 0.3) is 0 Å². The van der Waals surface area contributed by atoms with E-state index < -0.39 is 0 Å². The highest BCUT2D eigenvalue weighted by molar-refractivity contribution is 6.09. The molecular formula is C49H32N4O. The van der Waals surface area contributed by atoms with Crippen molar-refractivity contribution >= 4 is 27.8 Å². The lowest BCUT2D eigenvalue weighted by Gasteiger charge is -2.28. The third-order valence-corrected chi connectivity index (χ3v) is 9.90. The lowest BCUT2D eigenvalue weighted by Crippen LogP contribution is -2.10. The zero-order valence-electron chi connectivity index (χ0n) is 29.2. The predicted octanol–water partition coefficient (Wildman–Crippen LogP) is 12.9. The molecule has 0 amide bonds. The Morgan fingerprint density at radius 3 is 1.59 bits per heavy atom. The highest BCUT2D eigenvalue weighted by Gasteiger charge is 2.25. The van der Waals surface area contributed by atoms with Gasteiger partial charge < -0.3 is 9.64 Å². The molecule has 0 radical (unpaired) electrons. The standard InChI is InChI=1S/C49H32N4O/c1-5-15-33(16-6-1)35-19-13-20-36(31-35)48-50-47(34-17-7-2-8-18-34)51-49(52-48)42-28-30-45-46-40(42)25-14-26-41(46)43-32-39(27-29-44(43)54-45)53(37-21-9-3-10-22-37)38-23-11-4-12-24-38/h1-32H. The average molecular weight is 693 g/mol. The van der Waals surface area contributed by atoms with Crippen LogP contribution >= 0.6 is 0 Å². The fraction of sp³-hybridized carbons (Fsp3) is 0. The number of rotatable bonds is 7. The van der Waals surface area contributed by atoms with E-state index in [1.165, 1.54) is 0 Å². The van der Waals surface area contributed by atoms with Gasteiger partial charge in [-0.1, -0.05) is 133 Å². The highest BCUT2D eigenvalue weighted by Crippen LogP contribution is 2.50. The van der Waals surface area contributed by atoms with E-state index in [2.05, 4.69) is 144 Å². The molecule has 2 heterocycles. The van der Waals surface area contributed by atoms with E-state index >= 15 is 0 Å². The lowest BCUT2D eigenvalue weighted by atomic mass is 9.92. The summed E-state index contributed by atoms with van der Waals surface area (Å²) in [7, 11) is 0. The summed E-state index contributed by atoms with van der Waals surface area (Å²) < 4.78 is 6.66. The number of fused-ring (bicyclic) bond motifs is 2. The first kappa shape index (κ1) is 31.4. The first-order valence-electron chi connectivity index (χ1n) is 18.0. The Balaban J connectivity index is 1.13. The minimum atomic E-state index is 0.603. The summed E-state index contributed by atoms with van der Waals surface area (Å²) in [5, 5.41) is 2.04. The van der Waals surface area contributed by atoms with Crippen LogP contribution in [-0.4, -0.2) is 15.0 Å². The molecule has 54 heavy (non-hydrogen) atoms. The van der Waals surface area contributed by atoms with Crippen molar-refractivity contribution in [1.82, 2.24) is 15.0 Å². The largest absolute Gasteiger partial charge is 0.456 e. The molecule has 254 valence electrons. The number of aromatic nitrogens is 3. The molecule has 0 aliphatic carbocycles. The second kappa shape index (κ2) is 13.3. The molecule has 0 bridgehead atoms. The van der Waals surface area contributed by atoms with E-state index in [9.17, 15) is 0 Å². The molecule has 1 aliphatic rings. The van der Waals surface area contributed by atoms with E-state index in [0.29, 0.717) is 17.5 Å². The molecule has 5 nitrogen and oxygen atoms in total. The van der Waals surface area contributed by atoms with Gasteiger partial charge in [0.2, 0.25) is 0 Å². The van der Waals surface area contributed by atoms with Crippen LogP contribution in [0, 0.1) is 0 Å². The van der Waals surface area contributed by atoms with Crippen LogP contribution in [0.1, 0.15) is 0 Å². The maximum Gasteiger partial charge on any atom is 0.164 e. The molecule has 1 aromatic heterocycles. The van der Waals surface area contributed by atoms with Crippen molar-refractivity contribution in [3.63, 3.8) is 0 Å². The van der Waals surface area contributed by atoms with E-state index in [1.807, 2.05) is 54.6 Å². The summed E-state index contributed by atoms with van der Waals surface area (Å²) in [6.07, 6.45) is 0. The van der Waals surface area contributed by atoms with Gasteiger partial charge in [0, 0.05) is 44.7 Å². The number of nitrogens with zero attached hydrogens (tertiary/aromatic N) is 4. The van der Waals surface area contributed by atoms with Gasteiger partial charge in [0.15, 0.2) is 17.5 Å². The number of hydrogen-bond acceptors (Lipinski definition) is 5. The van der Waals surface area contributed by atoms with E-state index in [4.69, 9.17) is 19.7 Å². The van der Waals surface area contributed by atoms with Crippen LogP contribution in [0.15, 0.2) is 194 Å². The molecule has 10 rings (SSSR count). The summed E-state index contributed by atoms with van der Waals surface area (Å²) in [5.41, 5.74) is 10.3. The molecule has 1 aliphatic heterocycles. The van der Waals surface area contributed by atoms with Gasteiger partial charge in [-0.3, -0.25) is 0 Å². The van der Waals surface area contributed by atoms with Crippen molar-refractivity contribution in [2.75, 3.05) is 4.90 Å². The van der Waals surface area contributed by atoms with Crippen LogP contribution in [0.25, 0.3) is 67.2 Å². The topological polar surface area (TPSA) is 51.1 Å². The van der Waals surface area contributed by atoms with Gasteiger partial charge in [-0.15, -0.1) is 0 Å². The molecule has 0 fully saturated rings. The number of ether oxygens (including phenoxy) is 1.